The number of anilines is 3. The number of hydrogen-bond acceptors (Lipinski definition) is 3. The summed E-state index contributed by atoms with van der Waals surface area (Å²) in [5.74, 6) is -0.0461. The number of carbonyl (C=O) groups is 2. The van der Waals surface area contributed by atoms with Crippen molar-refractivity contribution >= 4 is 28.9 Å². The van der Waals surface area contributed by atoms with Crippen LogP contribution < -0.4 is 15.1 Å². The number of benzene rings is 2. The number of amides is 2. The zero-order valence-electron chi connectivity index (χ0n) is 17.9. The van der Waals surface area contributed by atoms with Crippen LogP contribution in [0, 0.1) is 6.92 Å². The Morgan fingerprint density at radius 3 is 2.31 bits per heavy atom. The molecule has 29 heavy (non-hydrogen) atoms. The van der Waals surface area contributed by atoms with Crippen molar-refractivity contribution in [2.75, 3.05) is 34.8 Å². The molecule has 1 fully saturated rings. The van der Waals surface area contributed by atoms with Gasteiger partial charge < -0.3 is 15.1 Å². The van der Waals surface area contributed by atoms with Crippen molar-refractivity contribution < 1.29 is 9.59 Å². The van der Waals surface area contributed by atoms with Gasteiger partial charge in [0.15, 0.2) is 0 Å². The molecule has 0 atom stereocenters. The molecule has 2 aromatic rings. The molecule has 0 radical (unpaired) electrons. The lowest BCUT2D eigenvalue weighted by Gasteiger charge is -2.23. The standard InChI is InChI=1S/C24H31N3O2/c1-17(2)22-9-7-8-18(3)24(22)25-23(29)16-27(19(4)28)21-12-10-20(11-13-21)26-14-5-6-15-26/h7-13,17H,5-6,14-16H2,1-4H3,(H,25,29). The van der Waals surface area contributed by atoms with Gasteiger partial charge in [-0.15, -0.1) is 0 Å². The molecule has 1 aliphatic rings. The molecule has 0 spiro atoms. The first kappa shape index (κ1) is 20.9. The fourth-order valence-corrected chi connectivity index (χ4v) is 3.87. The van der Waals surface area contributed by atoms with Gasteiger partial charge in [0, 0.05) is 37.1 Å². The van der Waals surface area contributed by atoms with E-state index in [-0.39, 0.29) is 18.4 Å². The Labute approximate surface area is 173 Å². The number of hydrogen-bond donors (Lipinski definition) is 1. The topological polar surface area (TPSA) is 52.7 Å². The molecule has 5 heteroatoms. The Bertz CT molecular complexity index is 868. The van der Waals surface area contributed by atoms with Crippen molar-refractivity contribution in [2.45, 2.75) is 46.5 Å². The highest BCUT2D eigenvalue weighted by Gasteiger charge is 2.19. The Kier molecular flexibility index (Phi) is 6.57. The number of rotatable bonds is 6. The van der Waals surface area contributed by atoms with Crippen LogP contribution in [-0.2, 0) is 9.59 Å². The van der Waals surface area contributed by atoms with Crippen molar-refractivity contribution in [3.05, 3.63) is 53.6 Å². The number of carbonyl (C=O) groups excluding carboxylic acids is 2. The average molecular weight is 394 g/mol. The highest BCUT2D eigenvalue weighted by Crippen LogP contribution is 2.28. The Balaban J connectivity index is 1.74. The van der Waals surface area contributed by atoms with E-state index in [4.69, 9.17) is 0 Å². The smallest absolute Gasteiger partial charge is 0.244 e. The molecule has 2 amide bonds. The number of aryl methyl sites for hydroxylation is 1. The maximum atomic E-state index is 12.8. The Hall–Kier alpha value is -2.82. The van der Waals surface area contributed by atoms with E-state index in [0.717, 1.165) is 35.6 Å². The average Bonchev–Trinajstić information content (AvgIpc) is 3.22. The van der Waals surface area contributed by atoms with Gasteiger partial charge in [0.05, 0.1) is 0 Å². The first-order valence-corrected chi connectivity index (χ1v) is 10.4. The molecule has 154 valence electrons. The first-order chi connectivity index (χ1) is 13.9. The highest BCUT2D eigenvalue weighted by molar-refractivity contribution is 6.02. The van der Waals surface area contributed by atoms with E-state index in [9.17, 15) is 9.59 Å². The molecule has 1 saturated heterocycles. The fourth-order valence-electron chi connectivity index (χ4n) is 3.87. The quantitative estimate of drug-likeness (QED) is 0.773. The van der Waals surface area contributed by atoms with Gasteiger partial charge in [0.1, 0.15) is 6.54 Å². The van der Waals surface area contributed by atoms with Crippen molar-refractivity contribution in [1.82, 2.24) is 0 Å². The summed E-state index contributed by atoms with van der Waals surface area (Å²) >= 11 is 0. The third-order valence-corrected chi connectivity index (χ3v) is 5.51. The summed E-state index contributed by atoms with van der Waals surface area (Å²) in [6.45, 7) is 9.84. The van der Waals surface area contributed by atoms with Gasteiger partial charge in [-0.25, -0.2) is 0 Å². The predicted molar refractivity (Wildman–Crippen MR) is 120 cm³/mol. The number of para-hydroxylation sites is 1. The van der Waals surface area contributed by atoms with Crippen molar-refractivity contribution in [3.8, 4) is 0 Å². The van der Waals surface area contributed by atoms with Crippen LogP contribution >= 0.6 is 0 Å². The molecule has 3 rings (SSSR count). The van der Waals surface area contributed by atoms with Gasteiger partial charge in [0.2, 0.25) is 11.8 Å². The summed E-state index contributed by atoms with van der Waals surface area (Å²) in [7, 11) is 0. The molecule has 2 aromatic carbocycles. The van der Waals surface area contributed by atoms with E-state index < -0.39 is 0 Å². The Morgan fingerprint density at radius 1 is 1.07 bits per heavy atom. The maximum absolute atomic E-state index is 12.8. The van der Waals surface area contributed by atoms with E-state index in [1.54, 1.807) is 0 Å². The maximum Gasteiger partial charge on any atom is 0.244 e. The van der Waals surface area contributed by atoms with Crippen molar-refractivity contribution in [3.63, 3.8) is 0 Å². The van der Waals surface area contributed by atoms with E-state index >= 15 is 0 Å². The van der Waals surface area contributed by atoms with Crippen LogP contribution in [-0.4, -0.2) is 31.4 Å². The lowest BCUT2D eigenvalue weighted by atomic mass is 9.98. The van der Waals surface area contributed by atoms with Crippen LogP contribution in [0.25, 0.3) is 0 Å². The number of nitrogens with zero attached hydrogens (tertiary/aromatic N) is 2. The molecular formula is C24H31N3O2. The predicted octanol–water partition coefficient (Wildman–Crippen LogP) is 4.71. The van der Waals surface area contributed by atoms with Crippen molar-refractivity contribution in [2.24, 2.45) is 0 Å². The van der Waals surface area contributed by atoms with Crippen LogP contribution in [0.2, 0.25) is 0 Å². The number of nitrogens with one attached hydrogen (secondary N) is 1. The second kappa shape index (κ2) is 9.12. The minimum atomic E-state index is -0.194. The Morgan fingerprint density at radius 2 is 1.72 bits per heavy atom. The monoisotopic (exact) mass is 393 g/mol. The van der Waals surface area contributed by atoms with Gasteiger partial charge in [-0.1, -0.05) is 32.0 Å². The van der Waals surface area contributed by atoms with Crippen LogP contribution in [0.4, 0.5) is 17.1 Å². The van der Waals surface area contributed by atoms with Gasteiger partial charge in [-0.2, -0.15) is 0 Å². The van der Waals surface area contributed by atoms with Crippen LogP contribution in [0.15, 0.2) is 42.5 Å². The third kappa shape index (κ3) is 4.97. The van der Waals surface area contributed by atoms with Gasteiger partial charge in [0.25, 0.3) is 0 Å². The summed E-state index contributed by atoms with van der Waals surface area (Å²) in [6.07, 6.45) is 2.44. The van der Waals surface area contributed by atoms with Gasteiger partial charge in [-0.3, -0.25) is 9.59 Å². The van der Waals surface area contributed by atoms with Gasteiger partial charge in [-0.05, 0) is 61.1 Å². The molecule has 0 aromatic heterocycles. The zero-order valence-corrected chi connectivity index (χ0v) is 17.9. The summed E-state index contributed by atoms with van der Waals surface area (Å²) in [5, 5.41) is 3.03. The van der Waals surface area contributed by atoms with Gasteiger partial charge >= 0.3 is 0 Å². The molecular weight excluding hydrogens is 362 g/mol. The van der Waals surface area contributed by atoms with Crippen LogP contribution in [0.5, 0.6) is 0 Å². The molecule has 5 nitrogen and oxygen atoms in total. The van der Waals surface area contributed by atoms with E-state index in [2.05, 4.69) is 24.1 Å². The molecule has 1 heterocycles. The summed E-state index contributed by atoms with van der Waals surface area (Å²) < 4.78 is 0. The minimum Gasteiger partial charge on any atom is -0.372 e. The largest absolute Gasteiger partial charge is 0.372 e. The van der Waals surface area contributed by atoms with Crippen LogP contribution in [0.3, 0.4) is 0 Å². The lowest BCUT2D eigenvalue weighted by molar-refractivity contribution is -0.120. The van der Waals surface area contributed by atoms with E-state index in [1.165, 1.54) is 30.4 Å². The first-order valence-electron chi connectivity index (χ1n) is 10.4. The summed E-state index contributed by atoms with van der Waals surface area (Å²) in [6, 6.07) is 13.9. The fraction of sp³-hybridized carbons (Fsp3) is 0.417. The van der Waals surface area contributed by atoms with Crippen molar-refractivity contribution in [1.29, 1.82) is 0 Å². The third-order valence-electron chi connectivity index (χ3n) is 5.51. The molecule has 0 bridgehead atoms. The lowest BCUT2D eigenvalue weighted by Crippen LogP contribution is -2.37. The molecule has 1 N–H and O–H groups in total. The zero-order chi connectivity index (χ0) is 21.0. The molecule has 0 unspecified atom stereocenters. The molecule has 1 aliphatic heterocycles. The SMILES string of the molecule is CC(=O)N(CC(=O)Nc1c(C)cccc1C(C)C)c1ccc(N2CCCC2)cc1. The summed E-state index contributed by atoms with van der Waals surface area (Å²) in [4.78, 5) is 28.9. The molecule has 0 aliphatic carbocycles. The van der Waals surface area contributed by atoms with E-state index in [1.807, 2.05) is 49.4 Å². The highest BCUT2D eigenvalue weighted by atomic mass is 16.2. The minimum absolute atomic E-state index is 0.00966. The second-order valence-corrected chi connectivity index (χ2v) is 8.06. The summed E-state index contributed by atoms with van der Waals surface area (Å²) in [5.41, 5.74) is 4.88. The van der Waals surface area contributed by atoms with E-state index in [0.29, 0.717) is 5.92 Å². The second-order valence-electron chi connectivity index (χ2n) is 8.06. The normalized spacial score (nSPS) is 13.6. The molecule has 0 saturated carbocycles. The van der Waals surface area contributed by atoms with Crippen LogP contribution in [0.1, 0.15) is 50.7 Å².